The third-order valence-corrected chi connectivity index (χ3v) is 4.80. The van der Waals surface area contributed by atoms with E-state index in [-0.39, 0.29) is 18.4 Å². The number of benzene rings is 2. The highest BCUT2D eigenvalue weighted by Gasteiger charge is 2.13. The van der Waals surface area contributed by atoms with Crippen molar-refractivity contribution in [3.05, 3.63) is 59.9 Å². The molecule has 2 N–H and O–H groups in total. The van der Waals surface area contributed by atoms with Crippen molar-refractivity contribution in [2.75, 3.05) is 6.61 Å². The smallest absolute Gasteiger partial charge is 0.269 e. The molecule has 0 aliphatic rings. The highest BCUT2D eigenvalue weighted by molar-refractivity contribution is 5.95. The van der Waals surface area contributed by atoms with Crippen LogP contribution in [0.3, 0.4) is 0 Å². The molecule has 3 aromatic rings. The summed E-state index contributed by atoms with van der Waals surface area (Å²) in [5.41, 5.74) is 7.13. The van der Waals surface area contributed by atoms with Crippen LogP contribution in [0, 0.1) is 0 Å². The molecule has 3 rings (SSSR count). The lowest BCUT2D eigenvalue weighted by atomic mass is 10.2. The summed E-state index contributed by atoms with van der Waals surface area (Å²) in [5.74, 6) is 0.849. The van der Waals surface area contributed by atoms with Gasteiger partial charge in [-0.15, -0.1) is 0 Å². The zero-order chi connectivity index (χ0) is 21.3. The Morgan fingerprint density at radius 3 is 2.50 bits per heavy atom. The van der Waals surface area contributed by atoms with E-state index in [4.69, 9.17) is 4.74 Å². The molecule has 7 heteroatoms. The summed E-state index contributed by atoms with van der Waals surface area (Å²) in [6, 6.07) is 14.5. The number of aromatic nitrogens is 2. The largest absolute Gasteiger partial charge is 0.494 e. The number of unbranched alkanes of at least 4 members (excludes halogenated alkanes) is 2. The fourth-order valence-electron chi connectivity index (χ4n) is 3.20. The van der Waals surface area contributed by atoms with E-state index >= 15 is 0 Å². The number of amides is 2. The Labute approximate surface area is 176 Å². The van der Waals surface area contributed by atoms with Crippen molar-refractivity contribution in [1.29, 1.82) is 0 Å². The average molecular weight is 409 g/mol. The molecule has 2 aromatic carbocycles. The number of nitrogens with one attached hydrogen (secondary N) is 2. The van der Waals surface area contributed by atoms with Crippen molar-refractivity contribution in [3.8, 4) is 5.75 Å². The van der Waals surface area contributed by atoms with Gasteiger partial charge in [-0.1, -0.05) is 38.8 Å². The van der Waals surface area contributed by atoms with Crippen LogP contribution in [0.1, 0.15) is 49.3 Å². The summed E-state index contributed by atoms with van der Waals surface area (Å²) in [7, 11) is 0. The van der Waals surface area contributed by atoms with Crippen LogP contribution in [-0.2, 0) is 17.8 Å². The maximum absolute atomic E-state index is 12.4. The van der Waals surface area contributed by atoms with E-state index in [1.807, 2.05) is 35.8 Å². The molecule has 0 saturated heterocycles. The number of hydrazine groups is 1. The number of ether oxygens (including phenoxy) is 1. The first-order valence-electron chi connectivity index (χ1n) is 10.4. The number of para-hydroxylation sites is 2. The lowest BCUT2D eigenvalue weighted by molar-refractivity contribution is -0.122. The van der Waals surface area contributed by atoms with Gasteiger partial charge in [0, 0.05) is 12.0 Å². The molecule has 1 aromatic heterocycles. The van der Waals surface area contributed by atoms with Gasteiger partial charge in [-0.3, -0.25) is 20.4 Å². The van der Waals surface area contributed by atoms with E-state index in [0.717, 1.165) is 41.9 Å². The second-order valence-electron chi connectivity index (χ2n) is 7.04. The number of hydrogen-bond donors (Lipinski definition) is 2. The minimum absolute atomic E-state index is 0.0779. The van der Waals surface area contributed by atoms with Crippen LogP contribution in [0.4, 0.5) is 0 Å². The summed E-state index contributed by atoms with van der Waals surface area (Å²) in [6.07, 6.45) is 4.00. The molecule has 0 atom stereocenters. The highest BCUT2D eigenvalue weighted by atomic mass is 16.5. The molecule has 0 spiro atoms. The molecule has 0 bridgehead atoms. The average Bonchev–Trinajstić information content (AvgIpc) is 3.13. The first-order valence-corrected chi connectivity index (χ1v) is 10.4. The van der Waals surface area contributed by atoms with E-state index in [1.165, 1.54) is 0 Å². The van der Waals surface area contributed by atoms with Crippen LogP contribution in [0.5, 0.6) is 5.75 Å². The second kappa shape index (κ2) is 10.4. The van der Waals surface area contributed by atoms with Crippen molar-refractivity contribution < 1.29 is 14.3 Å². The van der Waals surface area contributed by atoms with E-state index in [9.17, 15) is 9.59 Å². The monoisotopic (exact) mass is 408 g/mol. The summed E-state index contributed by atoms with van der Waals surface area (Å²) in [6.45, 7) is 4.88. The number of hydrogen-bond acceptors (Lipinski definition) is 4. The number of nitrogens with zero attached hydrogens (tertiary/aromatic N) is 2. The number of fused-ring (bicyclic) bond motifs is 1. The molecule has 1 heterocycles. The Morgan fingerprint density at radius 2 is 1.77 bits per heavy atom. The second-order valence-corrected chi connectivity index (χ2v) is 7.04. The Morgan fingerprint density at radius 1 is 1.00 bits per heavy atom. The molecule has 0 saturated carbocycles. The van der Waals surface area contributed by atoms with E-state index in [0.29, 0.717) is 18.6 Å². The van der Waals surface area contributed by atoms with Crippen molar-refractivity contribution in [1.82, 2.24) is 20.4 Å². The lowest BCUT2D eigenvalue weighted by Crippen LogP contribution is -2.43. The number of imidazole rings is 1. The van der Waals surface area contributed by atoms with Crippen molar-refractivity contribution >= 4 is 22.8 Å². The van der Waals surface area contributed by atoms with Gasteiger partial charge in [-0.25, -0.2) is 4.98 Å². The quantitative estimate of drug-likeness (QED) is 0.418. The predicted molar refractivity (Wildman–Crippen MR) is 116 cm³/mol. The Balaban J connectivity index is 1.53. The van der Waals surface area contributed by atoms with Gasteiger partial charge in [0.25, 0.3) is 11.8 Å². The molecule has 0 radical (unpaired) electrons. The molecule has 30 heavy (non-hydrogen) atoms. The normalized spacial score (nSPS) is 10.7. The van der Waals surface area contributed by atoms with Crippen molar-refractivity contribution in [2.45, 2.75) is 46.1 Å². The third kappa shape index (κ3) is 5.37. The van der Waals surface area contributed by atoms with E-state index < -0.39 is 0 Å². The van der Waals surface area contributed by atoms with Crippen LogP contribution in [0.25, 0.3) is 11.0 Å². The van der Waals surface area contributed by atoms with Crippen LogP contribution >= 0.6 is 0 Å². The Hall–Kier alpha value is -3.35. The molecule has 0 fully saturated rings. The minimum Gasteiger partial charge on any atom is -0.494 e. The summed E-state index contributed by atoms with van der Waals surface area (Å²) >= 11 is 0. The van der Waals surface area contributed by atoms with Gasteiger partial charge in [0.2, 0.25) is 0 Å². The van der Waals surface area contributed by atoms with Gasteiger partial charge in [0.15, 0.2) is 0 Å². The summed E-state index contributed by atoms with van der Waals surface area (Å²) in [4.78, 5) is 29.3. The van der Waals surface area contributed by atoms with Gasteiger partial charge in [0.1, 0.15) is 18.1 Å². The topological polar surface area (TPSA) is 85.3 Å². The molecule has 7 nitrogen and oxygen atoms in total. The maximum atomic E-state index is 12.4. The van der Waals surface area contributed by atoms with Gasteiger partial charge >= 0.3 is 0 Å². The van der Waals surface area contributed by atoms with Crippen LogP contribution in [-0.4, -0.2) is 28.0 Å². The zero-order valence-electron chi connectivity index (χ0n) is 17.5. The Kier molecular flexibility index (Phi) is 7.43. The molecule has 2 amide bonds. The molecular formula is C23H28N4O3. The predicted octanol–water partition coefficient (Wildman–Crippen LogP) is 3.63. The number of carbonyl (C=O) groups excluding carboxylic acids is 2. The maximum Gasteiger partial charge on any atom is 0.269 e. The van der Waals surface area contributed by atoms with Gasteiger partial charge in [-0.05, 0) is 42.8 Å². The van der Waals surface area contributed by atoms with Gasteiger partial charge in [-0.2, -0.15) is 0 Å². The van der Waals surface area contributed by atoms with E-state index in [1.54, 1.807) is 24.3 Å². The minimum atomic E-state index is -0.382. The highest BCUT2D eigenvalue weighted by Crippen LogP contribution is 2.16. The molecule has 158 valence electrons. The van der Waals surface area contributed by atoms with E-state index in [2.05, 4.69) is 22.8 Å². The SMILES string of the molecule is CCCCCOc1ccc(C(=O)NNC(=O)Cn2c(CC)nc3ccccc32)cc1. The fraction of sp³-hybridized carbons (Fsp3) is 0.348. The number of aryl methyl sites for hydroxylation is 1. The number of rotatable bonds is 9. The van der Waals surface area contributed by atoms with Crippen molar-refractivity contribution in [3.63, 3.8) is 0 Å². The number of carbonyl (C=O) groups is 2. The fourth-order valence-corrected chi connectivity index (χ4v) is 3.20. The van der Waals surface area contributed by atoms with Crippen molar-refractivity contribution in [2.24, 2.45) is 0 Å². The first-order chi connectivity index (χ1) is 14.6. The first kappa shape index (κ1) is 21.4. The molecular weight excluding hydrogens is 380 g/mol. The lowest BCUT2D eigenvalue weighted by Gasteiger charge is -2.11. The zero-order valence-corrected chi connectivity index (χ0v) is 17.5. The Bertz CT molecular complexity index is 995. The molecule has 0 aliphatic heterocycles. The van der Waals surface area contributed by atoms with Gasteiger partial charge < -0.3 is 9.30 Å². The van der Waals surface area contributed by atoms with Crippen LogP contribution in [0.2, 0.25) is 0 Å². The standard InChI is InChI=1S/C23H28N4O3/c1-3-5-8-15-30-18-13-11-17(12-14-18)23(29)26-25-22(28)16-27-20-10-7-6-9-19(20)24-21(27)4-2/h6-7,9-14H,3-5,8,15-16H2,1-2H3,(H,25,28)(H,26,29). The third-order valence-electron chi connectivity index (χ3n) is 4.80. The van der Waals surface area contributed by atoms with Gasteiger partial charge in [0.05, 0.1) is 17.6 Å². The van der Waals surface area contributed by atoms with Crippen LogP contribution in [0.15, 0.2) is 48.5 Å². The summed E-state index contributed by atoms with van der Waals surface area (Å²) in [5, 5.41) is 0. The van der Waals surface area contributed by atoms with Crippen LogP contribution < -0.4 is 15.6 Å². The molecule has 0 aliphatic carbocycles. The summed E-state index contributed by atoms with van der Waals surface area (Å²) < 4.78 is 7.51. The molecule has 0 unspecified atom stereocenters.